The molecule has 2 heterocycles. The maximum atomic E-state index is 10.7. The highest BCUT2D eigenvalue weighted by atomic mass is 32.2. The molecule has 1 N–H and O–H groups in total. The van der Waals surface area contributed by atoms with E-state index in [9.17, 15) is 4.79 Å². The number of carboxylic acid groups (broad SMARTS) is 1. The molecule has 0 unspecified atom stereocenters. The smallest absolute Gasteiger partial charge is 0.346 e. The van der Waals surface area contributed by atoms with E-state index in [0.717, 1.165) is 17.1 Å². The summed E-state index contributed by atoms with van der Waals surface area (Å²) in [6.45, 7) is 0. The van der Waals surface area contributed by atoms with E-state index < -0.39 is 5.97 Å². The molecule has 1 aromatic heterocycles. The van der Waals surface area contributed by atoms with Gasteiger partial charge in [0.15, 0.2) is 0 Å². The van der Waals surface area contributed by atoms with Crippen LogP contribution < -0.4 is 0 Å². The minimum absolute atomic E-state index is 0.493. The molecule has 0 bridgehead atoms. The topological polar surface area (TPSA) is 37.3 Å². The van der Waals surface area contributed by atoms with Crippen molar-refractivity contribution in [3.8, 4) is 0 Å². The molecule has 0 spiro atoms. The Labute approximate surface area is 78.6 Å². The third kappa shape index (κ3) is 1.25. The van der Waals surface area contributed by atoms with Gasteiger partial charge >= 0.3 is 5.97 Å². The average molecular weight is 200 g/mol. The largest absolute Gasteiger partial charge is 0.477 e. The zero-order valence-electron chi connectivity index (χ0n) is 6.32. The molecule has 0 radical (unpaired) electrons. The molecule has 0 aliphatic carbocycles. The van der Waals surface area contributed by atoms with E-state index in [2.05, 4.69) is 0 Å². The number of hydrogen-bond donors (Lipinski definition) is 1. The molecule has 2 rings (SSSR count). The van der Waals surface area contributed by atoms with Crippen molar-refractivity contribution in [3.63, 3.8) is 0 Å². The predicted octanol–water partition coefficient (Wildman–Crippen LogP) is 2.28. The molecule has 1 saturated heterocycles. The van der Waals surface area contributed by atoms with Crippen molar-refractivity contribution < 1.29 is 9.90 Å². The fraction of sp³-hybridized carbons (Fsp3) is 0.375. The number of rotatable bonds is 2. The number of carboxylic acids is 1. The summed E-state index contributed by atoms with van der Waals surface area (Å²) in [5, 5.41) is 10.7. The van der Waals surface area contributed by atoms with E-state index >= 15 is 0 Å². The first-order chi connectivity index (χ1) is 5.79. The lowest BCUT2D eigenvalue weighted by Crippen LogP contribution is -2.17. The van der Waals surface area contributed by atoms with Gasteiger partial charge < -0.3 is 5.11 Å². The number of carbonyl (C=O) groups is 1. The fourth-order valence-corrected chi connectivity index (χ4v) is 2.88. The minimum atomic E-state index is -0.781. The molecule has 1 fully saturated rings. The zero-order chi connectivity index (χ0) is 8.55. The highest BCUT2D eigenvalue weighted by Gasteiger charge is 2.25. The van der Waals surface area contributed by atoms with Crippen molar-refractivity contribution in [2.24, 2.45) is 0 Å². The summed E-state index contributed by atoms with van der Waals surface area (Å²) in [4.78, 5) is 11.3. The molecular weight excluding hydrogens is 192 g/mol. The maximum Gasteiger partial charge on any atom is 0.346 e. The van der Waals surface area contributed by atoms with E-state index in [4.69, 9.17) is 5.11 Å². The molecule has 1 aliphatic rings. The summed E-state index contributed by atoms with van der Waals surface area (Å²) in [6.07, 6.45) is 0. The molecule has 12 heavy (non-hydrogen) atoms. The Hall–Kier alpha value is -0.480. The van der Waals surface area contributed by atoms with Gasteiger partial charge in [0, 0.05) is 17.4 Å². The summed E-state index contributed by atoms with van der Waals surface area (Å²) in [7, 11) is 0. The van der Waals surface area contributed by atoms with Gasteiger partial charge in [-0.1, -0.05) is 0 Å². The summed E-state index contributed by atoms with van der Waals surface area (Å²) < 4.78 is 0. The van der Waals surface area contributed by atoms with Crippen molar-refractivity contribution in [2.75, 3.05) is 11.5 Å². The number of aromatic carboxylic acids is 1. The van der Waals surface area contributed by atoms with Gasteiger partial charge in [-0.25, -0.2) is 4.79 Å². The van der Waals surface area contributed by atoms with Crippen LogP contribution in [0.15, 0.2) is 11.4 Å². The Bertz CT molecular complexity index is 302. The Morgan fingerprint density at radius 2 is 2.33 bits per heavy atom. The molecule has 1 aromatic rings. The van der Waals surface area contributed by atoms with Gasteiger partial charge in [0.05, 0.1) is 0 Å². The second-order valence-electron chi connectivity index (χ2n) is 2.74. The van der Waals surface area contributed by atoms with Crippen LogP contribution in [0.4, 0.5) is 0 Å². The van der Waals surface area contributed by atoms with Crippen LogP contribution >= 0.6 is 23.1 Å². The SMILES string of the molecule is O=C(O)c1sccc1C1CSC1. The maximum absolute atomic E-state index is 10.7. The summed E-state index contributed by atoms with van der Waals surface area (Å²) in [5.74, 6) is 1.87. The van der Waals surface area contributed by atoms with Gasteiger partial charge in [-0.05, 0) is 17.0 Å². The lowest BCUT2D eigenvalue weighted by molar-refractivity contribution is 0.0700. The van der Waals surface area contributed by atoms with Crippen LogP contribution in [0.1, 0.15) is 21.2 Å². The first-order valence-electron chi connectivity index (χ1n) is 3.67. The Balaban J connectivity index is 2.29. The van der Waals surface area contributed by atoms with E-state index in [-0.39, 0.29) is 0 Å². The molecule has 1 aliphatic heterocycles. The fourth-order valence-electron chi connectivity index (χ4n) is 1.23. The molecule has 64 valence electrons. The second kappa shape index (κ2) is 3.11. The number of hydrogen-bond acceptors (Lipinski definition) is 3. The van der Waals surface area contributed by atoms with Gasteiger partial charge in [0.1, 0.15) is 4.88 Å². The average Bonchev–Trinajstić information content (AvgIpc) is 2.31. The van der Waals surface area contributed by atoms with Crippen LogP contribution in [0.25, 0.3) is 0 Å². The molecule has 4 heteroatoms. The molecule has 0 amide bonds. The first kappa shape index (κ1) is 8.13. The molecule has 0 aromatic carbocycles. The highest BCUT2D eigenvalue weighted by molar-refractivity contribution is 8.00. The van der Waals surface area contributed by atoms with Crippen LogP contribution in [0.3, 0.4) is 0 Å². The van der Waals surface area contributed by atoms with Crippen molar-refractivity contribution >= 4 is 29.1 Å². The van der Waals surface area contributed by atoms with Crippen molar-refractivity contribution in [1.82, 2.24) is 0 Å². The van der Waals surface area contributed by atoms with Gasteiger partial charge in [0.2, 0.25) is 0 Å². The molecular formula is C8H8O2S2. The lowest BCUT2D eigenvalue weighted by Gasteiger charge is -2.24. The molecule has 2 nitrogen and oxygen atoms in total. The third-order valence-electron chi connectivity index (χ3n) is 1.97. The van der Waals surface area contributed by atoms with Crippen molar-refractivity contribution in [2.45, 2.75) is 5.92 Å². The van der Waals surface area contributed by atoms with E-state index in [1.807, 2.05) is 23.2 Å². The van der Waals surface area contributed by atoms with Crippen LogP contribution in [0.5, 0.6) is 0 Å². The van der Waals surface area contributed by atoms with Crippen LogP contribution in [0.2, 0.25) is 0 Å². The summed E-state index contributed by atoms with van der Waals surface area (Å²) in [5.41, 5.74) is 1.03. The van der Waals surface area contributed by atoms with Gasteiger partial charge in [-0.15, -0.1) is 11.3 Å². The first-order valence-corrected chi connectivity index (χ1v) is 5.71. The van der Waals surface area contributed by atoms with Gasteiger partial charge in [-0.2, -0.15) is 11.8 Å². The van der Waals surface area contributed by atoms with E-state index in [0.29, 0.717) is 10.8 Å². The van der Waals surface area contributed by atoms with Crippen LogP contribution in [0, 0.1) is 0 Å². The van der Waals surface area contributed by atoms with Gasteiger partial charge in [0.25, 0.3) is 0 Å². The predicted molar refractivity (Wildman–Crippen MR) is 51.3 cm³/mol. The molecule has 0 saturated carbocycles. The highest BCUT2D eigenvalue weighted by Crippen LogP contribution is 2.37. The van der Waals surface area contributed by atoms with E-state index in [1.54, 1.807) is 0 Å². The summed E-state index contributed by atoms with van der Waals surface area (Å²) in [6, 6.07) is 1.94. The third-order valence-corrected chi connectivity index (χ3v) is 4.16. The molecule has 0 atom stereocenters. The van der Waals surface area contributed by atoms with Crippen molar-refractivity contribution in [1.29, 1.82) is 0 Å². The Morgan fingerprint density at radius 3 is 2.83 bits per heavy atom. The summed E-state index contributed by atoms with van der Waals surface area (Å²) >= 11 is 3.20. The Morgan fingerprint density at radius 1 is 1.58 bits per heavy atom. The van der Waals surface area contributed by atoms with Gasteiger partial charge in [-0.3, -0.25) is 0 Å². The number of thiophene rings is 1. The monoisotopic (exact) mass is 200 g/mol. The minimum Gasteiger partial charge on any atom is -0.477 e. The van der Waals surface area contributed by atoms with E-state index in [1.165, 1.54) is 11.3 Å². The van der Waals surface area contributed by atoms with Crippen molar-refractivity contribution in [3.05, 3.63) is 21.9 Å². The quantitative estimate of drug-likeness (QED) is 0.795. The van der Waals surface area contributed by atoms with Crippen LogP contribution in [-0.4, -0.2) is 22.6 Å². The van der Waals surface area contributed by atoms with Crippen LogP contribution in [-0.2, 0) is 0 Å². The standard InChI is InChI=1S/C8H8O2S2/c9-8(10)7-6(1-2-12-7)5-3-11-4-5/h1-2,5H,3-4H2,(H,9,10). The zero-order valence-corrected chi connectivity index (χ0v) is 7.95. The normalized spacial score (nSPS) is 17.3. The Kier molecular flexibility index (Phi) is 2.11. The number of thioether (sulfide) groups is 1. The lowest BCUT2D eigenvalue weighted by atomic mass is 10.0. The second-order valence-corrected chi connectivity index (χ2v) is 4.74.